The number of aromatic nitrogens is 1. The van der Waals surface area contributed by atoms with E-state index in [2.05, 4.69) is 0 Å². The maximum Gasteiger partial charge on any atom is 0.268 e. The van der Waals surface area contributed by atoms with Crippen LogP contribution in [0.4, 0.5) is 0 Å². The zero-order valence-corrected chi connectivity index (χ0v) is 13.4. The Balaban J connectivity index is 2.07. The fourth-order valence-corrected chi connectivity index (χ4v) is 4.59. The number of nitrogens with zero attached hydrogens (tertiary/aromatic N) is 1. The van der Waals surface area contributed by atoms with Crippen LogP contribution in [0.1, 0.15) is 10.4 Å². The average Bonchev–Trinajstić information content (AvgIpc) is 3.01. The van der Waals surface area contributed by atoms with E-state index in [1.165, 1.54) is 10.2 Å². The second kappa shape index (κ2) is 5.32. The SMILES string of the molecule is O=Cc1cn(S(=O)(=O)c2cccc3ccccc23)c2ccccc12. The van der Waals surface area contributed by atoms with Gasteiger partial charge < -0.3 is 0 Å². The Bertz CT molecular complexity index is 1180. The molecule has 4 aromatic rings. The van der Waals surface area contributed by atoms with E-state index in [0.717, 1.165) is 5.39 Å². The molecular formula is C19H13NO3S. The van der Waals surface area contributed by atoms with Crippen LogP contribution in [0.25, 0.3) is 21.7 Å². The van der Waals surface area contributed by atoms with E-state index in [0.29, 0.717) is 28.1 Å². The number of hydrogen-bond acceptors (Lipinski definition) is 3. The highest BCUT2D eigenvalue weighted by Gasteiger charge is 2.22. The molecule has 0 aliphatic heterocycles. The van der Waals surface area contributed by atoms with Crippen molar-refractivity contribution in [3.8, 4) is 0 Å². The fourth-order valence-electron chi connectivity index (χ4n) is 2.99. The monoisotopic (exact) mass is 335 g/mol. The normalized spacial score (nSPS) is 11.8. The Morgan fingerprint density at radius 3 is 2.25 bits per heavy atom. The quantitative estimate of drug-likeness (QED) is 0.535. The molecule has 1 heterocycles. The lowest BCUT2D eigenvalue weighted by Gasteiger charge is -2.10. The molecule has 0 aliphatic rings. The number of carbonyl (C=O) groups excluding carboxylic acids is 1. The summed E-state index contributed by atoms with van der Waals surface area (Å²) in [5.74, 6) is 0. The van der Waals surface area contributed by atoms with Gasteiger partial charge in [-0.05, 0) is 17.5 Å². The van der Waals surface area contributed by atoms with E-state index in [-0.39, 0.29) is 4.90 Å². The predicted octanol–water partition coefficient (Wildman–Crippen LogP) is 3.84. The Hall–Kier alpha value is -2.92. The standard InChI is InChI=1S/C19H13NO3S/c21-13-15-12-20(18-10-4-3-8-16(15)18)24(22,23)19-11-5-7-14-6-1-2-9-17(14)19/h1-13H. The Labute approximate surface area is 139 Å². The van der Waals surface area contributed by atoms with Crippen molar-refractivity contribution in [3.05, 3.63) is 78.5 Å². The lowest BCUT2D eigenvalue weighted by Crippen LogP contribution is -2.12. The van der Waals surface area contributed by atoms with Gasteiger partial charge in [-0.25, -0.2) is 12.4 Å². The molecule has 0 aliphatic carbocycles. The summed E-state index contributed by atoms with van der Waals surface area (Å²) in [4.78, 5) is 11.5. The zero-order chi connectivity index (χ0) is 16.7. The summed E-state index contributed by atoms with van der Waals surface area (Å²) >= 11 is 0. The van der Waals surface area contributed by atoms with E-state index in [1.807, 2.05) is 24.3 Å². The molecule has 5 heteroatoms. The summed E-state index contributed by atoms with van der Waals surface area (Å²) in [5, 5.41) is 2.13. The second-order valence-electron chi connectivity index (χ2n) is 5.50. The van der Waals surface area contributed by atoms with E-state index >= 15 is 0 Å². The molecule has 4 rings (SSSR count). The Kier molecular flexibility index (Phi) is 3.25. The molecular weight excluding hydrogens is 322 g/mol. The zero-order valence-electron chi connectivity index (χ0n) is 12.6. The smallest absolute Gasteiger partial charge is 0.268 e. The van der Waals surface area contributed by atoms with Crippen LogP contribution >= 0.6 is 0 Å². The molecule has 0 spiro atoms. The van der Waals surface area contributed by atoms with E-state index in [4.69, 9.17) is 0 Å². The van der Waals surface area contributed by atoms with Crippen LogP contribution in [0.2, 0.25) is 0 Å². The maximum atomic E-state index is 13.2. The summed E-state index contributed by atoms with van der Waals surface area (Å²) < 4.78 is 27.7. The van der Waals surface area contributed by atoms with Gasteiger partial charge in [0.15, 0.2) is 6.29 Å². The topological polar surface area (TPSA) is 56.1 Å². The van der Waals surface area contributed by atoms with Gasteiger partial charge in [0.05, 0.1) is 10.4 Å². The van der Waals surface area contributed by atoms with Gasteiger partial charge in [-0.1, -0.05) is 54.6 Å². The Morgan fingerprint density at radius 2 is 1.46 bits per heavy atom. The fraction of sp³-hybridized carbons (Fsp3) is 0. The van der Waals surface area contributed by atoms with E-state index < -0.39 is 10.0 Å². The molecule has 24 heavy (non-hydrogen) atoms. The minimum atomic E-state index is -3.82. The van der Waals surface area contributed by atoms with Crippen LogP contribution in [0, 0.1) is 0 Å². The second-order valence-corrected chi connectivity index (χ2v) is 7.28. The van der Waals surface area contributed by atoms with Crippen molar-refractivity contribution in [3.63, 3.8) is 0 Å². The third kappa shape index (κ3) is 2.06. The van der Waals surface area contributed by atoms with Gasteiger partial charge >= 0.3 is 0 Å². The first kappa shape index (κ1) is 14.7. The molecule has 0 fully saturated rings. The first-order valence-electron chi connectivity index (χ1n) is 7.41. The van der Waals surface area contributed by atoms with E-state index in [1.54, 1.807) is 42.5 Å². The van der Waals surface area contributed by atoms with Crippen LogP contribution in [0.15, 0.2) is 77.8 Å². The molecule has 0 saturated carbocycles. The van der Waals surface area contributed by atoms with Gasteiger partial charge in [0, 0.05) is 22.5 Å². The van der Waals surface area contributed by atoms with Crippen molar-refractivity contribution in [2.75, 3.05) is 0 Å². The number of para-hydroxylation sites is 1. The highest BCUT2D eigenvalue weighted by Crippen LogP contribution is 2.29. The minimum absolute atomic E-state index is 0.221. The van der Waals surface area contributed by atoms with E-state index in [9.17, 15) is 13.2 Å². The number of aldehydes is 1. The number of hydrogen-bond donors (Lipinski definition) is 0. The van der Waals surface area contributed by atoms with Crippen molar-refractivity contribution >= 4 is 38.0 Å². The van der Waals surface area contributed by atoms with Crippen LogP contribution in [-0.2, 0) is 10.0 Å². The molecule has 0 radical (unpaired) electrons. The first-order valence-corrected chi connectivity index (χ1v) is 8.85. The number of rotatable bonds is 3. The summed E-state index contributed by atoms with van der Waals surface area (Å²) in [6.07, 6.45) is 2.06. The molecule has 0 saturated heterocycles. The molecule has 0 unspecified atom stereocenters. The molecule has 3 aromatic carbocycles. The number of carbonyl (C=O) groups is 1. The molecule has 0 N–H and O–H groups in total. The largest absolute Gasteiger partial charge is 0.298 e. The first-order chi connectivity index (χ1) is 11.6. The number of benzene rings is 3. The molecule has 0 bridgehead atoms. The van der Waals surface area contributed by atoms with Crippen LogP contribution in [0.3, 0.4) is 0 Å². The van der Waals surface area contributed by atoms with Gasteiger partial charge in [0.2, 0.25) is 0 Å². The molecule has 0 atom stereocenters. The summed E-state index contributed by atoms with van der Waals surface area (Å²) in [6.45, 7) is 0. The van der Waals surface area contributed by atoms with Gasteiger partial charge in [0.25, 0.3) is 10.0 Å². The lowest BCUT2D eigenvalue weighted by molar-refractivity contribution is 0.112. The summed E-state index contributed by atoms with van der Waals surface area (Å²) in [7, 11) is -3.82. The van der Waals surface area contributed by atoms with Crippen LogP contribution in [0.5, 0.6) is 0 Å². The number of fused-ring (bicyclic) bond motifs is 2. The van der Waals surface area contributed by atoms with Crippen LogP contribution < -0.4 is 0 Å². The van der Waals surface area contributed by atoms with Crippen molar-refractivity contribution < 1.29 is 13.2 Å². The lowest BCUT2D eigenvalue weighted by atomic mass is 10.1. The van der Waals surface area contributed by atoms with Gasteiger partial charge in [0.1, 0.15) is 0 Å². The predicted molar refractivity (Wildman–Crippen MR) is 93.9 cm³/mol. The maximum absolute atomic E-state index is 13.2. The molecule has 118 valence electrons. The summed E-state index contributed by atoms with van der Waals surface area (Å²) in [6, 6.07) is 19.5. The van der Waals surface area contributed by atoms with Crippen molar-refractivity contribution in [1.82, 2.24) is 3.97 Å². The van der Waals surface area contributed by atoms with Gasteiger partial charge in [-0.2, -0.15) is 0 Å². The van der Waals surface area contributed by atoms with Gasteiger partial charge in [-0.3, -0.25) is 4.79 Å². The Morgan fingerprint density at radius 1 is 0.792 bits per heavy atom. The third-order valence-electron chi connectivity index (χ3n) is 4.12. The van der Waals surface area contributed by atoms with Crippen molar-refractivity contribution in [2.24, 2.45) is 0 Å². The molecule has 0 amide bonds. The summed E-state index contributed by atoms with van der Waals surface area (Å²) in [5.41, 5.74) is 0.849. The average molecular weight is 335 g/mol. The third-order valence-corrected chi connectivity index (χ3v) is 5.85. The van der Waals surface area contributed by atoms with Crippen molar-refractivity contribution in [1.29, 1.82) is 0 Å². The highest BCUT2D eigenvalue weighted by molar-refractivity contribution is 7.90. The molecule has 4 nitrogen and oxygen atoms in total. The van der Waals surface area contributed by atoms with Gasteiger partial charge in [-0.15, -0.1) is 0 Å². The van der Waals surface area contributed by atoms with Crippen molar-refractivity contribution in [2.45, 2.75) is 4.90 Å². The molecule has 1 aromatic heterocycles. The highest BCUT2D eigenvalue weighted by atomic mass is 32.2. The minimum Gasteiger partial charge on any atom is -0.298 e. The van der Waals surface area contributed by atoms with Crippen LogP contribution in [-0.4, -0.2) is 18.7 Å².